The minimum Gasteiger partial charge on any atom is -0.326 e. The summed E-state index contributed by atoms with van der Waals surface area (Å²) in [6.45, 7) is -9.21. The van der Waals surface area contributed by atoms with Gasteiger partial charge in [-0.15, -0.1) is 0 Å². The van der Waals surface area contributed by atoms with Gasteiger partial charge < -0.3 is 10.6 Å². The number of hydrogen-bond acceptors (Lipinski definition) is 5. The highest BCUT2D eigenvalue weighted by Gasteiger charge is 2.21. The van der Waals surface area contributed by atoms with Crippen molar-refractivity contribution in [2.45, 2.75) is 27.5 Å². The van der Waals surface area contributed by atoms with E-state index in [1.807, 2.05) is 6.07 Å². The molecule has 0 aliphatic rings. The summed E-state index contributed by atoms with van der Waals surface area (Å²) in [5, 5.41) is 5.18. The van der Waals surface area contributed by atoms with Crippen LogP contribution in [-0.2, 0) is 4.79 Å². The summed E-state index contributed by atoms with van der Waals surface area (Å²) in [5.74, 6) is -1.45. The number of aryl methyl sites for hydroxylation is 1. The van der Waals surface area contributed by atoms with E-state index in [9.17, 15) is 4.79 Å². The fourth-order valence-electron chi connectivity index (χ4n) is 2.27. The van der Waals surface area contributed by atoms with Crippen LogP contribution < -0.4 is 10.6 Å². The summed E-state index contributed by atoms with van der Waals surface area (Å²) in [4.78, 5) is 25.8. The molecule has 0 bridgehead atoms. The average Bonchev–Trinajstić information content (AvgIpc) is 2.74. The quantitative estimate of drug-likeness (QED) is 0.703. The molecular formula is C21H23N5O. The minimum absolute atomic E-state index is 0.0151. The van der Waals surface area contributed by atoms with Crippen molar-refractivity contribution in [1.29, 1.82) is 0 Å². The van der Waals surface area contributed by atoms with E-state index < -0.39 is 31.9 Å². The maximum Gasteiger partial charge on any atom is 0.229 e. The molecule has 0 radical (unpaired) electrons. The average molecular weight is 371 g/mol. The maximum atomic E-state index is 13.1. The molecule has 0 saturated carbocycles. The third kappa shape index (κ3) is 4.67. The largest absolute Gasteiger partial charge is 0.326 e. The van der Waals surface area contributed by atoms with Crippen molar-refractivity contribution in [3.05, 3.63) is 60.6 Å². The standard InChI is InChI=1S/C21H23N5O/c1-14-7-8-16(24-19(27)21(2,3)4)12-18(14)26-20-23-11-9-17(25-20)15-6-5-10-22-13-15/h5-13H,1-4H3,(H,24,27)(H,23,25,26)/i2D3,3D3,4D3. The molecular weight excluding hydrogens is 338 g/mol. The van der Waals surface area contributed by atoms with Gasteiger partial charge in [0.25, 0.3) is 0 Å². The number of aromatic nitrogens is 3. The first-order chi connectivity index (χ1) is 16.6. The highest BCUT2D eigenvalue weighted by atomic mass is 16.2. The number of anilines is 3. The van der Waals surface area contributed by atoms with Gasteiger partial charge in [0.15, 0.2) is 0 Å². The van der Waals surface area contributed by atoms with Crippen molar-refractivity contribution < 1.29 is 17.1 Å². The minimum atomic E-state index is -3.65. The zero-order valence-electron chi connectivity index (χ0n) is 23.4. The van der Waals surface area contributed by atoms with Crippen LogP contribution in [0.3, 0.4) is 0 Å². The summed E-state index contributed by atoms with van der Waals surface area (Å²) in [6.07, 6.45) is 4.81. The van der Waals surface area contributed by atoms with Gasteiger partial charge in [-0.05, 0) is 42.8 Å². The van der Waals surface area contributed by atoms with Crippen LogP contribution in [0.4, 0.5) is 17.3 Å². The van der Waals surface area contributed by atoms with Gasteiger partial charge in [0.2, 0.25) is 11.9 Å². The van der Waals surface area contributed by atoms with Gasteiger partial charge >= 0.3 is 0 Å². The lowest BCUT2D eigenvalue weighted by Crippen LogP contribution is -2.27. The summed E-state index contributed by atoms with van der Waals surface area (Å²) in [5.41, 5.74) is -1.20. The van der Waals surface area contributed by atoms with Crippen molar-refractivity contribution in [3.63, 3.8) is 0 Å². The fraction of sp³-hybridized carbons (Fsp3) is 0.238. The van der Waals surface area contributed by atoms with Crippen LogP contribution in [0.2, 0.25) is 0 Å². The fourth-order valence-corrected chi connectivity index (χ4v) is 2.27. The van der Waals surface area contributed by atoms with Gasteiger partial charge in [-0.25, -0.2) is 9.97 Å². The summed E-state index contributed by atoms with van der Waals surface area (Å²) >= 11 is 0. The number of pyridine rings is 1. The molecule has 2 heterocycles. The van der Waals surface area contributed by atoms with E-state index in [4.69, 9.17) is 12.3 Å². The highest BCUT2D eigenvalue weighted by Crippen LogP contribution is 2.25. The number of nitrogens with one attached hydrogen (secondary N) is 2. The first-order valence-electron chi connectivity index (χ1n) is 12.5. The molecule has 0 fully saturated rings. The molecule has 3 aromatic rings. The normalized spacial score (nSPS) is 17.4. The van der Waals surface area contributed by atoms with Crippen molar-refractivity contribution in [1.82, 2.24) is 15.0 Å². The summed E-state index contributed by atoms with van der Waals surface area (Å²) in [6, 6.07) is 9.66. The molecule has 0 spiro atoms. The molecule has 1 amide bonds. The van der Waals surface area contributed by atoms with Gasteiger partial charge in [0.1, 0.15) is 0 Å². The molecule has 27 heavy (non-hydrogen) atoms. The summed E-state index contributed by atoms with van der Waals surface area (Å²) < 4.78 is 69.1. The van der Waals surface area contributed by atoms with Gasteiger partial charge in [-0.1, -0.05) is 26.6 Å². The first-order valence-corrected chi connectivity index (χ1v) is 8.00. The van der Waals surface area contributed by atoms with E-state index in [0.29, 0.717) is 16.9 Å². The van der Waals surface area contributed by atoms with E-state index >= 15 is 0 Å². The van der Waals surface area contributed by atoms with Gasteiger partial charge in [0.05, 0.1) is 5.69 Å². The molecule has 0 saturated heterocycles. The van der Waals surface area contributed by atoms with Crippen LogP contribution in [0, 0.1) is 12.3 Å². The van der Waals surface area contributed by atoms with E-state index in [-0.39, 0.29) is 11.6 Å². The Morgan fingerprint density at radius 3 is 2.74 bits per heavy atom. The second-order valence-electron chi connectivity index (χ2n) is 5.87. The van der Waals surface area contributed by atoms with E-state index in [0.717, 1.165) is 5.56 Å². The number of amides is 1. The second-order valence-corrected chi connectivity index (χ2v) is 5.87. The Kier molecular flexibility index (Phi) is 2.83. The highest BCUT2D eigenvalue weighted by molar-refractivity contribution is 5.95. The zero-order chi connectivity index (χ0) is 26.9. The molecule has 6 heteroatoms. The molecule has 0 atom stereocenters. The van der Waals surface area contributed by atoms with Gasteiger partial charge in [-0.2, -0.15) is 0 Å². The molecule has 2 N–H and O–H groups in total. The summed E-state index contributed by atoms with van der Waals surface area (Å²) in [7, 11) is 0. The predicted octanol–water partition coefficient (Wildman–Crippen LogP) is 4.58. The lowest BCUT2D eigenvalue weighted by Gasteiger charge is -2.18. The zero-order valence-corrected chi connectivity index (χ0v) is 14.4. The molecule has 0 aliphatic heterocycles. The lowest BCUT2D eigenvalue weighted by atomic mass is 9.95. The molecule has 0 aliphatic carbocycles. The van der Waals surface area contributed by atoms with Gasteiger partial charge in [-0.3, -0.25) is 9.78 Å². The number of benzene rings is 1. The number of carbonyl (C=O) groups is 1. The topological polar surface area (TPSA) is 79.8 Å². The number of rotatable bonds is 4. The molecule has 2 aromatic heterocycles. The van der Waals surface area contributed by atoms with Crippen molar-refractivity contribution in [2.24, 2.45) is 5.41 Å². The number of carbonyl (C=O) groups excluding carboxylic acids is 1. The van der Waals surface area contributed by atoms with Crippen LogP contribution in [0.5, 0.6) is 0 Å². The Balaban J connectivity index is 1.95. The molecule has 0 unspecified atom stereocenters. The number of nitrogens with zero attached hydrogens (tertiary/aromatic N) is 3. The predicted molar refractivity (Wildman–Crippen MR) is 108 cm³/mol. The third-order valence-electron chi connectivity index (χ3n) is 3.70. The molecule has 6 nitrogen and oxygen atoms in total. The Morgan fingerprint density at radius 1 is 1.15 bits per heavy atom. The van der Waals surface area contributed by atoms with E-state index in [2.05, 4.69) is 25.6 Å². The Hall–Kier alpha value is -3.28. The maximum absolute atomic E-state index is 13.1. The van der Waals surface area contributed by atoms with Crippen LogP contribution in [-0.4, -0.2) is 20.9 Å². The van der Waals surface area contributed by atoms with Crippen LogP contribution in [0.25, 0.3) is 11.3 Å². The third-order valence-corrected chi connectivity index (χ3v) is 3.70. The van der Waals surface area contributed by atoms with Crippen LogP contribution in [0.1, 0.15) is 38.5 Å². The van der Waals surface area contributed by atoms with Crippen LogP contribution >= 0.6 is 0 Å². The Morgan fingerprint density at radius 2 is 2.00 bits per heavy atom. The SMILES string of the molecule is [2H]C([2H])([2H])C(C(=O)Nc1ccc(C)c(Nc2nccc(-c3cccnc3)n2)c1)(C([2H])([2H])[2H])C([2H])([2H])[2H]. The monoisotopic (exact) mass is 370 g/mol. The van der Waals surface area contributed by atoms with Crippen molar-refractivity contribution in [3.8, 4) is 11.3 Å². The van der Waals surface area contributed by atoms with Gasteiger partial charge in [0, 0.05) is 53.3 Å². The molecule has 1 aromatic carbocycles. The Labute approximate surface area is 171 Å². The van der Waals surface area contributed by atoms with Crippen molar-refractivity contribution in [2.75, 3.05) is 10.6 Å². The lowest BCUT2D eigenvalue weighted by molar-refractivity contribution is -0.123. The van der Waals surface area contributed by atoms with E-state index in [1.165, 1.54) is 18.3 Å². The van der Waals surface area contributed by atoms with Crippen molar-refractivity contribution >= 4 is 23.2 Å². The Bertz CT molecular complexity index is 1200. The first kappa shape index (κ1) is 10.2. The molecule has 3 rings (SSSR count). The second kappa shape index (κ2) is 7.53. The van der Waals surface area contributed by atoms with E-state index in [1.54, 1.807) is 37.5 Å². The number of hydrogen-bond donors (Lipinski definition) is 2. The smallest absolute Gasteiger partial charge is 0.229 e. The van der Waals surface area contributed by atoms with Crippen LogP contribution in [0.15, 0.2) is 55.0 Å². The molecule has 138 valence electrons.